The van der Waals surface area contributed by atoms with Gasteiger partial charge in [0.05, 0.1) is 11.4 Å². The Labute approximate surface area is 341 Å². The highest BCUT2D eigenvalue weighted by atomic mass is 15.1. The van der Waals surface area contributed by atoms with Crippen molar-refractivity contribution in [2.75, 3.05) is 0 Å². The Bertz CT molecular complexity index is 3610. The molecule has 0 spiro atoms. The fraction of sp³-hybridized carbons (Fsp3) is 0. The normalized spacial score (nSPS) is 11.7. The standard InChI is InChI=1S/C56H35N3/c1-4-13-41-32-45(25-20-36(41)10-1)52-48-16-7-8-17-49(48)53(46-26-21-37-11-2-5-14-42(37)33-46)51-35-44(28-29-50(51)52)39-18-23-40(24-19-39)54-55(59-31-9-30-57-56(59)58-54)47-27-22-38-12-3-6-15-43(38)34-47/h1-35H. The molecule has 3 nitrogen and oxygen atoms in total. The van der Waals surface area contributed by atoms with Gasteiger partial charge in [0.2, 0.25) is 5.78 Å². The van der Waals surface area contributed by atoms with Crippen molar-refractivity contribution in [2.45, 2.75) is 0 Å². The van der Waals surface area contributed by atoms with E-state index in [-0.39, 0.29) is 0 Å². The highest BCUT2D eigenvalue weighted by Crippen LogP contribution is 2.46. The van der Waals surface area contributed by atoms with Crippen LogP contribution in [0, 0.1) is 0 Å². The van der Waals surface area contributed by atoms with Crippen LogP contribution < -0.4 is 0 Å². The van der Waals surface area contributed by atoms with Gasteiger partial charge in [0.1, 0.15) is 0 Å². The molecule has 12 rings (SSSR count). The molecule has 0 N–H and O–H groups in total. The first-order valence-corrected chi connectivity index (χ1v) is 20.1. The van der Waals surface area contributed by atoms with Gasteiger partial charge in [-0.25, -0.2) is 9.97 Å². The molecule has 0 bridgehead atoms. The van der Waals surface area contributed by atoms with Gasteiger partial charge < -0.3 is 0 Å². The van der Waals surface area contributed by atoms with Crippen molar-refractivity contribution in [2.24, 2.45) is 0 Å². The van der Waals surface area contributed by atoms with E-state index in [1.54, 1.807) is 6.20 Å². The molecule has 12 aromatic rings. The molecule has 0 saturated heterocycles. The molecule has 0 atom stereocenters. The fourth-order valence-corrected chi connectivity index (χ4v) is 9.19. The van der Waals surface area contributed by atoms with Crippen molar-refractivity contribution in [3.8, 4) is 55.9 Å². The van der Waals surface area contributed by atoms with Gasteiger partial charge in [0.15, 0.2) is 0 Å². The molecule has 0 radical (unpaired) electrons. The van der Waals surface area contributed by atoms with Gasteiger partial charge in [-0.2, -0.15) is 0 Å². The first-order valence-electron chi connectivity index (χ1n) is 20.1. The van der Waals surface area contributed by atoms with Crippen molar-refractivity contribution >= 4 is 59.6 Å². The molecule has 274 valence electrons. The Morgan fingerprint density at radius 1 is 0.322 bits per heavy atom. The summed E-state index contributed by atoms with van der Waals surface area (Å²) in [4.78, 5) is 9.72. The summed E-state index contributed by atoms with van der Waals surface area (Å²) in [5.41, 5.74) is 11.3. The number of aromatic nitrogens is 3. The van der Waals surface area contributed by atoms with Crippen LogP contribution in [0.3, 0.4) is 0 Å². The molecule has 0 unspecified atom stereocenters. The van der Waals surface area contributed by atoms with Crippen LogP contribution in [0.5, 0.6) is 0 Å². The van der Waals surface area contributed by atoms with Gasteiger partial charge in [-0.15, -0.1) is 0 Å². The number of nitrogens with zero attached hydrogens (tertiary/aromatic N) is 3. The minimum atomic E-state index is 0.680. The van der Waals surface area contributed by atoms with E-state index in [4.69, 9.17) is 4.98 Å². The highest BCUT2D eigenvalue weighted by Gasteiger charge is 2.20. The number of imidazole rings is 1. The third-order valence-corrected chi connectivity index (χ3v) is 12.0. The summed E-state index contributed by atoms with van der Waals surface area (Å²) < 4.78 is 2.10. The van der Waals surface area contributed by atoms with E-state index in [9.17, 15) is 0 Å². The third-order valence-electron chi connectivity index (χ3n) is 12.0. The molecular formula is C56H35N3. The van der Waals surface area contributed by atoms with Crippen molar-refractivity contribution in [3.05, 3.63) is 213 Å². The zero-order valence-electron chi connectivity index (χ0n) is 32.0. The number of fused-ring (bicyclic) bond motifs is 6. The summed E-state index contributed by atoms with van der Waals surface area (Å²) in [6, 6.07) is 73.0. The molecule has 59 heavy (non-hydrogen) atoms. The van der Waals surface area contributed by atoms with Gasteiger partial charge in [-0.3, -0.25) is 4.40 Å². The van der Waals surface area contributed by atoms with Gasteiger partial charge in [-0.1, -0.05) is 170 Å². The van der Waals surface area contributed by atoms with E-state index in [0.29, 0.717) is 5.78 Å². The van der Waals surface area contributed by atoms with Crippen molar-refractivity contribution in [1.29, 1.82) is 0 Å². The first kappa shape index (κ1) is 33.3. The summed E-state index contributed by atoms with van der Waals surface area (Å²) in [6.07, 6.45) is 3.86. The Kier molecular flexibility index (Phi) is 7.54. The Morgan fingerprint density at radius 3 is 1.39 bits per heavy atom. The van der Waals surface area contributed by atoms with E-state index in [0.717, 1.165) is 33.6 Å². The summed E-state index contributed by atoms with van der Waals surface area (Å²) in [6.45, 7) is 0. The van der Waals surface area contributed by atoms with Crippen LogP contribution in [0.25, 0.3) is 116 Å². The molecule has 10 aromatic carbocycles. The maximum absolute atomic E-state index is 5.09. The van der Waals surface area contributed by atoms with Crippen LogP contribution in [0.4, 0.5) is 0 Å². The molecule has 2 heterocycles. The number of hydrogen-bond acceptors (Lipinski definition) is 2. The van der Waals surface area contributed by atoms with Crippen LogP contribution in [-0.4, -0.2) is 14.4 Å². The third kappa shape index (κ3) is 5.51. The van der Waals surface area contributed by atoms with Crippen LogP contribution >= 0.6 is 0 Å². The van der Waals surface area contributed by atoms with Crippen LogP contribution in [-0.2, 0) is 0 Å². The minimum Gasteiger partial charge on any atom is -0.283 e. The average molecular weight is 750 g/mol. The maximum Gasteiger partial charge on any atom is 0.234 e. The zero-order chi connectivity index (χ0) is 38.9. The van der Waals surface area contributed by atoms with Crippen LogP contribution in [0.2, 0.25) is 0 Å². The van der Waals surface area contributed by atoms with Gasteiger partial charge in [0, 0.05) is 23.5 Å². The second-order valence-electron chi connectivity index (χ2n) is 15.4. The quantitative estimate of drug-likeness (QED) is 0.164. The SMILES string of the molecule is c1ccc2cc(-c3c4ccccc4c(-c4ccc5ccccc5c4)c4cc(-c5ccc(-c6nc7ncccn7c6-c6ccc7ccccc7c6)cc5)ccc34)ccc2c1. The lowest BCUT2D eigenvalue weighted by Gasteiger charge is -2.19. The monoisotopic (exact) mass is 749 g/mol. The van der Waals surface area contributed by atoms with Crippen LogP contribution in [0.15, 0.2) is 213 Å². The predicted molar refractivity (Wildman–Crippen MR) is 248 cm³/mol. The smallest absolute Gasteiger partial charge is 0.234 e. The Hall–Kier alpha value is -7.88. The molecule has 0 fully saturated rings. The summed E-state index contributed by atoms with van der Waals surface area (Å²) >= 11 is 0. The van der Waals surface area contributed by atoms with Crippen molar-refractivity contribution in [1.82, 2.24) is 14.4 Å². The predicted octanol–water partition coefficient (Wildman–Crippen LogP) is 14.8. The lowest BCUT2D eigenvalue weighted by Crippen LogP contribution is -1.92. The lowest BCUT2D eigenvalue weighted by molar-refractivity contribution is 1.11. The highest BCUT2D eigenvalue weighted by molar-refractivity contribution is 6.22. The van der Waals surface area contributed by atoms with Gasteiger partial charge >= 0.3 is 0 Å². The number of benzene rings is 10. The van der Waals surface area contributed by atoms with Crippen molar-refractivity contribution in [3.63, 3.8) is 0 Å². The van der Waals surface area contributed by atoms with Gasteiger partial charge in [-0.05, 0) is 118 Å². The summed E-state index contributed by atoms with van der Waals surface area (Å²) in [7, 11) is 0. The molecule has 0 saturated carbocycles. The Balaban J connectivity index is 1.05. The average Bonchev–Trinajstić information content (AvgIpc) is 3.70. The molecule has 2 aromatic heterocycles. The topological polar surface area (TPSA) is 30.2 Å². The largest absolute Gasteiger partial charge is 0.283 e. The molecule has 3 heteroatoms. The molecule has 0 aliphatic carbocycles. The summed E-state index contributed by atoms with van der Waals surface area (Å²) in [5, 5.41) is 12.3. The molecule has 0 aliphatic rings. The van der Waals surface area contributed by atoms with Crippen LogP contribution in [0.1, 0.15) is 0 Å². The van der Waals surface area contributed by atoms with Gasteiger partial charge in [0.25, 0.3) is 0 Å². The lowest BCUT2D eigenvalue weighted by atomic mass is 9.84. The summed E-state index contributed by atoms with van der Waals surface area (Å²) in [5.74, 6) is 0.680. The minimum absolute atomic E-state index is 0.680. The fourth-order valence-electron chi connectivity index (χ4n) is 9.19. The molecular weight excluding hydrogens is 715 g/mol. The first-order chi connectivity index (χ1) is 29.2. The second-order valence-corrected chi connectivity index (χ2v) is 15.4. The Morgan fingerprint density at radius 2 is 0.780 bits per heavy atom. The molecule has 0 aliphatic heterocycles. The number of hydrogen-bond donors (Lipinski definition) is 0. The number of rotatable bonds is 5. The van der Waals surface area contributed by atoms with E-state index in [1.165, 1.54) is 76.1 Å². The van der Waals surface area contributed by atoms with E-state index < -0.39 is 0 Å². The van der Waals surface area contributed by atoms with Crippen molar-refractivity contribution < 1.29 is 0 Å². The molecule has 0 amide bonds. The van der Waals surface area contributed by atoms with E-state index in [1.807, 2.05) is 6.07 Å². The van der Waals surface area contributed by atoms with E-state index >= 15 is 0 Å². The zero-order valence-corrected chi connectivity index (χ0v) is 32.0. The van der Waals surface area contributed by atoms with E-state index in [2.05, 4.69) is 210 Å². The maximum atomic E-state index is 5.09. The second kappa shape index (κ2) is 13.4.